The fourth-order valence-corrected chi connectivity index (χ4v) is 3.43. The fraction of sp³-hybridized carbons (Fsp3) is 0.769. The summed E-state index contributed by atoms with van der Waals surface area (Å²) in [5.41, 5.74) is -1.47. The molecule has 0 aromatic carbocycles. The van der Waals surface area contributed by atoms with Crippen molar-refractivity contribution in [3.63, 3.8) is 0 Å². The minimum atomic E-state index is -1.97. The summed E-state index contributed by atoms with van der Waals surface area (Å²) in [6, 6.07) is 0. The molecule has 0 spiro atoms. The van der Waals surface area contributed by atoms with Crippen LogP contribution in [0.4, 0.5) is 0 Å². The monoisotopic (exact) mass is 256 g/mol. The first kappa shape index (κ1) is 14.4. The van der Waals surface area contributed by atoms with E-state index in [-0.39, 0.29) is 5.04 Å². The molecule has 0 bridgehead atoms. The van der Waals surface area contributed by atoms with Gasteiger partial charge in [0.05, 0.1) is 11.0 Å². The Labute approximate surface area is 105 Å². The summed E-state index contributed by atoms with van der Waals surface area (Å²) in [6.07, 6.45) is 2.22. The van der Waals surface area contributed by atoms with E-state index in [1.165, 1.54) is 0 Å². The third kappa shape index (κ3) is 2.08. The molecule has 1 N–H and O–H groups in total. The van der Waals surface area contributed by atoms with Crippen LogP contribution in [-0.4, -0.2) is 25.0 Å². The minimum absolute atomic E-state index is 0.0744. The van der Waals surface area contributed by atoms with E-state index in [9.17, 15) is 9.90 Å². The molecule has 0 aromatic heterocycles. The molecule has 1 saturated carbocycles. The molecule has 4 heteroatoms. The van der Waals surface area contributed by atoms with Crippen molar-refractivity contribution in [2.45, 2.75) is 57.8 Å². The second-order valence-corrected chi connectivity index (χ2v) is 11.5. The number of aliphatic carboxylic acids is 1. The number of carboxylic acids is 1. The van der Waals surface area contributed by atoms with Gasteiger partial charge in [-0.1, -0.05) is 26.8 Å². The van der Waals surface area contributed by atoms with Crippen LogP contribution in [0.2, 0.25) is 18.1 Å². The first-order valence-corrected chi connectivity index (χ1v) is 8.90. The number of carbonyl (C=O) groups is 1. The van der Waals surface area contributed by atoms with E-state index in [1.54, 1.807) is 13.0 Å². The lowest BCUT2D eigenvalue weighted by Crippen LogP contribution is -2.46. The van der Waals surface area contributed by atoms with E-state index in [0.29, 0.717) is 6.42 Å². The molecule has 3 nitrogen and oxygen atoms in total. The third-order valence-electron chi connectivity index (χ3n) is 4.47. The van der Waals surface area contributed by atoms with E-state index >= 15 is 0 Å². The number of rotatable bonds is 4. The molecular weight excluding hydrogens is 232 g/mol. The molecule has 1 aliphatic carbocycles. The van der Waals surface area contributed by atoms with Crippen LogP contribution in [0.25, 0.3) is 0 Å². The maximum atomic E-state index is 11.3. The quantitative estimate of drug-likeness (QED) is 0.619. The molecule has 1 rings (SSSR count). The molecule has 98 valence electrons. The zero-order valence-electron chi connectivity index (χ0n) is 11.8. The van der Waals surface area contributed by atoms with E-state index in [1.807, 2.05) is 0 Å². The first-order chi connectivity index (χ1) is 7.42. The topological polar surface area (TPSA) is 46.5 Å². The molecule has 17 heavy (non-hydrogen) atoms. The van der Waals surface area contributed by atoms with Crippen molar-refractivity contribution >= 4 is 14.3 Å². The van der Waals surface area contributed by atoms with Gasteiger partial charge in [0.25, 0.3) is 0 Å². The van der Waals surface area contributed by atoms with Gasteiger partial charge in [-0.2, -0.15) is 0 Å². The summed E-state index contributed by atoms with van der Waals surface area (Å²) in [5, 5.41) is 9.34. The third-order valence-corrected chi connectivity index (χ3v) is 8.96. The number of hydrogen-bond donors (Lipinski definition) is 1. The zero-order valence-corrected chi connectivity index (χ0v) is 12.8. The van der Waals surface area contributed by atoms with Crippen molar-refractivity contribution in [3.8, 4) is 0 Å². The maximum absolute atomic E-state index is 11.3. The van der Waals surface area contributed by atoms with Crippen LogP contribution in [-0.2, 0) is 9.22 Å². The molecular formula is C13H24O3Si. The molecule has 0 aliphatic heterocycles. The van der Waals surface area contributed by atoms with E-state index < -0.39 is 25.3 Å². The first-order valence-electron chi connectivity index (χ1n) is 5.99. The lowest BCUT2D eigenvalue weighted by atomic mass is 10.1. The minimum Gasteiger partial charge on any atom is -0.481 e. The van der Waals surface area contributed by atoms with Gasteiger partial charge in [-0.05, 0) is 31.5 Å². The van der Waals surface area contributed by atoms with Gasteiger partial charge in [0.15, 0.2) is 8.32 Å². The summed E-state index contributed by atoms with van der Waals surface area (Å²) in [4.78, 5) is 11.3. The lowest BCUT2D eigenvalue weighted by Gasteiger charge is -2.39. The highest BCUT2D eigenvalue weighted by molar-refractivity contribution is 6.74. The van der Waals surface area contributed by atoms with Crippen LogP contribution in [0, 0.1) is 5.41 Å². The van der Waals surface area contributed by atoms with Gasteiger partial charge in [0.2, 0.25) is 0 Å². The van der Waals surface area contributed by atoms with Gasteiger partial charge in [0.1, 0.15) is 0 Å². The van der Waals surface area contributed by atoms with Gasteiger partial charge in [-0.25, -0.2) is 0 Å². The Hall–Kier alpha value is -0.613. The van der Waals surface area contributed by atoms with Gasteiger partial charge in [0, 0.05) is 0 Å². The average molecular weight is 256 g/mol. The van der Waals surface area contributed by atoms with E-state index in [4.69, 9.17) is 4.43 Å². The van der Waals surface area contributed by atoms with Crippen molar-refractivity contribution in [1.29, 1.82) is 0 Å². The van der Waals surface area contributed by atoms with Crippen molar-refractivity contribution in [2.75, 3.05) is 0 Å². The zero-order chi connectivity index (χ0) is 13.7. The molecule has 0 aromatic rings. The molecule has 1 aliphatic rings. The summed E-state index contributed by atoms with van der Waals surface area (Å²) >= 11 is 0. The normalized spacial score (nSPS) is 33.3. The Kier molecular flexibility index (Phi) is 3.13. The van der Waals surface area contributed by atoms with Gasteiger partial charge < -0.3 is 9.53 Å². The van der Waals surface area contributed by atoms with Crippen LogP contribution in [0.3, 0.4) is 0 Å². The van der Waals surface area contributed by atoms with Crippen LogP contribution in [0.1, 0.15) is 34.1 Å². The summed E-state index contributed by atoms with van der Waals surface area (Å²) < 4.78 is 6.27. The Bertz CT molecular complexity index is 356. The van der Waals surface area contributed by atoms with Crippen molar-refractivity contribution in [1.82, 2.24) is 0 Å². The second kappa shape index (κ2) is 3.69. The molecule has 1 fully saturated rings. The van der Waals surface area contributed by atoms with Crippen molar-refractivity contribution < 1.29 is 14.3 Å². The number of hydrogen-bond acceptors (Lipinski definition) is 2. The Morgan fingerprint density at radius 2 is 1.94 bits per heavy atom. The Morgan fingerprint density at radius 1 is 1.47 bits per heavy atom. The van der Waals surface area contributed by atoms with Crippen LogP contribution < -0.4 is 0 Å². The molecule has 0 radical (unpaired) electrons. The van der Waals surface area contributed by atoms with Crippen LogP contribution >= 0.6 is 0 Å². The largest absolute Gasteiger partial charge is 0.481 e. The lowest BCUT2D eigenvalue weighted by molar-refractivity contribution is -0.144. The molecule has 2 atom stereocenters. The standard InChI is InChI=1S/C13H24O3Si/c1-8-13(9-12(13,5)10(14)15)16-17(6,7)11(2,3)4/h8H,1,9H2,2-7H3,(H,14,15)/t12-,13?/m1/s1. The molecule has 0 saturated heterocycles. The number of carboxylic acid groups (broad SMARTS) is 1. The van der Waals surface area contributed by atoms with Crippen molar-refractivity contribution in [3.05, 3.63) is 12.7 Å². The second-order valence-electron chi connectivity index (χ2n) is 6.77. The fourth-order valence-electron chi connectivity index (χ4n) is 1.83. The van der Waals surface area contributed by atoms with Gasteiger partial charge in [-0.15, -0.1) is 6.58 Å². The van der Waals surface area contributed by atoms with Crippen LogP contribution in [0.5, 0.6) is 0 Å². The van der Waals surface area contributed by atoms with Crippen LogP contribution in [0.15, 0.2) is 12.7 Å². The Morgan fingerprint density at radius 3 is 2.18 bits per heavy atom. The maximum Gasteiger partial charge on any atom is 0.312 e. The Balaban J connectivity index is 2.96. The highest BCUT2D eigenvalue weighted by Gasteiger charge is 2.70. The highest BCUT2D eigenvalue weighted by Crippen LogP contribution is 2.62. The molecule has 0 heterocycles. The summed E-state index contributed by atoms with van der Waals surface area (Å²) in [6.45, 7) is 16.2. The van der Waals surface area contributed by atoms with Crippen molar-refractivity contribution in [2.24, 2.45) is 5.41 Å². The smallest absolute Gasteiger partial charge is 0.312 e. The van der Waals surface area contributed by atoms with E-state index in [2.05, 4.69) is 40.4 Å². The van der Waals surface area contributed by atoms with E-state index in [0.717, 1.165) is 0 Å². The SMILES string of the molecule is C=CC1(O[Si](C)(C)C(C)(C)C)C[C@]1(C)C(=O)O. The molecule has 1 unspecified atom stereocenters. The van der Waals surface area contributed by atoms with Gasteiger partial charge in [-0.3, -0.25) is 4.79 Å². The molecule has 0 amide bonds. The van der Waals surface area contributed by atoms with Gasteiger partial charge >= 0.3 is 5.97 Å². The summed E-state index contributed by atoms with van der Waals surface area (Å²) in [7, 11) is -1.97. The average Bonchev–Trinajstić information content (AvgIpc) is 2.71. The highest BCUT2D eigenvalue weighted by atomic mass is 28.4. The predicted octanol–water partition coefficient (Wildman–Crippen LogP) is 3.43. The summed E-state index contributed by atoms with van der Waals surface area (Å²) in [5.74, 6) is -0.795. The predicted molar refractivity (Wildman–Crippen MR) is 71.6 cm³/mol.